The SMILES string of the molecule is COCCN1C(=O)C(Nc2ccc(C(C)C)cc2)=C(c2ccccc2)C1=O. The summed E-state index contributed by atoms with van der Waals surface area (Å²) in [6.45, 7) is 4.79. The molecule has 1 aliphatic rings. The van der Waals surface area contributed by atoms with Crippen LogP contribution in [0.1, 0.15) is 30.9 Å². The highest BCUT2D eigenvalue weighted by atomic mass is 16.5. The van der Waals surface area contributed by atoms with Gasteiger partial charge in [0, 0.05) is 12.8 Å². The number of benzene rings is 2. The fourth-order valence-corrected chi connectivity index (χ4v) is 3.05. The third kappa shape index (κ3) is 3.93. The van der Waals surface area contributed by atoms with Gasteiger partial charge in [0.25, 0.3) is 11.8 Å². The van der Waals surface area contributed by atoms with E-state index in [2.05, 4.69) is 19.2 Å². The average molecular weight is 364 g/mol. The van der Waals surface area contributed by atoms with Crippen molar-refractivity contribution in [1.29, 1.82) is 0 Å². The van der Waals surface area contributed by atoms with Gasteiger partial charge in [-0.2, -0.15) is 0 Å². The smallest absolute Gasteiger partial charge is 0.278 e. The first-order valence-corrected chi connectivity index (χ1v) is 9.04. The quantitative estimate of drug-likeness (QED) is 0.762. The van der Waals surface area contributed by atoms with Gasteiger partial charge in [-0.25, -0.2) is 0 Å². The van der Waals surface area contributed by atoms with Crippen LogP contribution in [0.2, 0.25) is 0 Å². The summed E-state index contributed by atoms with van der Waals surface area (Å²) in [6.07, 6.45) is 0. The van der Waals surface area contributed by atoms with E-state index in [9.17, 15) is 9.59 Å². The van der Waals surface area contributed by atoms with E-state index in [1.54, 1.807) is 7.11 Å². The molecular formula is C22H24N2O3. The maximum atomic E-state index is 12.9. The molecule has 5 nitrogen and oxygen atoms in total. The first kappa shape index (κ1) is 18.9. The molecule has 1 heterocycles. The Bertz CT molecular complexity index is 855. The van der Waals surface area contributed by atoms with Crippen molar-refractivity contribution < 1.29 is 14.3 Å². The van der Waals surface area contributed by atoms with Gasteiger partial charge in [-0.15, -0.1) is 0 Å². The van der Waals surface area contributed by atoms with Crippen LogP contribution in [0.4, 0.5) is 5.69 Å². The highest BCUT2D eigenvalue weighted by Gasteiger charge is 2.38. The summed E-state index contributed by atoms with van der Waals surface area (Å²) >= 11 is 0. The fourth-order valence-electron chi connectivity index (χ4n) is 3.05. The molecule has 27 heavy (non-hydrogen) atoms. The largest absolute Gasteiger partial charge is 0.383 e. The first-order chi connectivity index (χ1) is 13.0. The minimum atomic E-state index is -0.330. The molecule has 0 aromatic heterocycles. The average Bonchev–Trinajstić information content (AvgIpc) is 2.91. The highest BCUT2D eigenvalue weighted by molar-refractivity contribution is 6.36. The third-order valence-corrected chi connectivity index (χ3v) is 4.60. The van der Waals surface area contributed by atoms with Crippen LogP contribution >= 0.6 is 0 Å². The second-order valence-electron chi connectivity index (χ2n) is 6.77. The number of anilines is 1. The normalized spacial score (nSPS) is 14.4. The number of carbonyl (C=O) groups is 2. The van der Waals surface area contributed by atoms with Gasteiger partial charge in [0.15, 0.2) is 0 Å². The molecule has 1 aliphatic heterocycles. The van der Waals surface area contributed by atoms with E-state index in [4.69, 9.17) is 4.74 Å². The molecule has 0 spiro atoms. The first-order valence-electron chi connectivity index (χ1n) is 9.04. The van der Waals surface area contributed by atoms with E-state index in [-0.39, 0.29) is 18.4 Å². The lowest BCUT2D eigenvalue weighted by Gasteiger charge is -2.14. The second-order valence-corrected chi connectivity index (χ2v) is 6.77. The predicted molar refractivity (Wildman–Crippen MR) is 106 cm³/mol. The Morgan fingerprint density at radius 1 is 0.963 bits per heavy atom. The molecule has 1 N–H and O–H groups in total. The maximum absolute atomic E-state index is 12.9. The lowest BCUT2D eigenvalue weighted by Crippen LogP contribution is -2.35. The van der Waals surface area contributed by atoms with Crippen LogP contribution in [0.3, 0.4) is 0 Å². The van der Waals surface area contributed by atoms with Crippen molar-refractivity contribution >= 4 is 23.1 Å². The molecule has 5 heteroatoms. The summed E-state index contributed by atoms with van der Waals surface area (Å²) in [5, 5.41) is 3.17. The summed E-state index contributed by atoms with van der Waals surface area (Å²) in [6, 6.07) is 17.2. The Kier molecular flexibility index (Phi) is 5.72. The Labute approximate surface area is 159 Å². The minimum absolute atomic E-state index is 0.224. The van der Waals surface area contributed by atoms with Gasteiger partial charge in [-0.05, 0) is 29.2 Å². The molecule has 0 atom stereocenters. The van der Waals surface area contributed by atoms with Crippen molar-refractivity contribution in [2.75, 3.05) is 25.6 Å². The number of imide groups is 1. The Morgan fingerprint density at radius 2 is 1.63 bits per heavy atom. The number of ether oxygens (including phenoxy) is 1. The van der Waals surface area contributed by atoms with Gasteiger partial charge in [-0.1, -0.05) is 56.3 Å². The third-order valence-electron chi connectivity index (χ3n) is 4.60. The Morgan fingerprint density at radius 3 is 2.22 bits per heavy atom. The molecule has 0 aliphatic carbocycles. The molecule has 2 aromatic carbocycles. The minimum Gasteiger partial charge on any atom is -0.383 e. The van der Waals surface area contributed by atoms with Crippen molar-refractivity contribution in [3.63, 3.8) is 0 Å². The number of nitrogens with one attached hydrogen (secondary N) is 1. The van der Waals surface area contributed by atoms with E-state index in [0.29, 0.717) is 23.8 Å². The van der Waals surface area contributed by atoms with Crippen molar-refractivity contribution in [2.24, 2.45) is 0 Å². The fraction of sp³-hybridized carbons (Fsp3) is 0.273. The maximum Gasteiger partial charge on any atom is 0.278 e. The number of amides is 2. The summed E-state index contributed by atoms with van der Waals surface area (Å²) in [5.74, 6) is -0.203. The van der Waals surface area contributed by atoms with Crippen LogP contribution in [0.25, 0.3) is 5.57 Å². The van der Waals surface area contributed by atoms with E-state index in [1.165, 1.54) is 10.5 Å². The van der Waals surface area contributed by atoms with E-state index < -0.39 is 0 Å². The zero-order valence-corrected chi connectivity index (χ0v) is 15.9. The van der Waals surface area contributed by atoms with E-state index >= 15 is 0 Å². The number of hydrogen-bond donors (Lipinski definition) is 1. The monoisotopic (exact) mass is 364 g/mol. The summed E-state index contributed by atoms with van der Waals surface area (Å²) in [7, 11) is 1.55. The molecular weight excluding hydrogens is 340 g/mol. The number of methoxy groups -OCH3 is 1. The van der Waals surface area contributed by atoms with Crippen molar-refractivity contribution in [1.82, 2.24) is 4.90 Å². The second kappa shape index (κ2) is 8.18. The van der Waals surface area contributed by atoms with Gasteiger partial charge < -0.3 is 10.1 Å². The lowest BCUT2D eigenvalue weighted by atomic mass is 10.0. The summed E-state index contributed by atoms with van der Waals surface area (Å²) < 4.78 is 5.05. The standard InChI is InChI=1S/C22H24N2O3/c1-15(2)16-9-11-18(12-10-16)23-20-19(17-7-5-4-6-8-17)21(25)24(22(20)26)13-14-27-3/h4-12,15,23H,13-14H2,1-3H3. The number of carbonyl (C=O) groups excluding carboxylic acids is 2. The molecule has 0 saturated heterocycles. The molecule has 3 rings (SSSR count). The van der Waals surface area contributed by atoms with Crippen LogP contribution in [0.15, 0.2) is 60.3 Å². The topological polar surface area (TPSA) is 58.6 Å². The van der Waals surface area contributed by atoms with Crippen LogP contribution in [0, 0.1) is 0 Å². The van der Waals surface area contributed by atoms with Gasteiger partial charge in [-0.3, -0.25) is 14.5 Å². The van der Waals surface area contributed by atoms with Gasteiger partial charge >= 0.3 is 0 Å². The van der Waals surface area contributed by atoms with E-state index in [0.717, 1.165) is 11.3 Å². The van der Waals surface area contributed by atoms with Gasteiger partial charge in [0.05, 0.1) is 18.7 Å². The van der Waals surface area contributed by atoms with Crippen LogP contribution in [-0.2, 0) is 14.3 Å². The van der Waals surface area contributed by atoms with E-state index in [1.807, 2.05) is 54.6 Å². The molecule has 0 bridgehead atoms. The molecule has 0 fully saturated rings. The molecule has 0 saturated carbocycles. The van der Waals surface area contributed by atoms with Crippen LogP contribution in [0.5, 0.6) is 0 Å². The number of hydrogen-bond acceptors (Lipinski definition) is 4. The van der Waals surface area contributed by atoms with Crippen molar-refractivity contribution in [3.05, 3.63) is 71.4 Å². The molecule has 2 aromatic rings. The molecule has 0 radical (unpaired) electrons. The van der Waals surface area contributed by atoms with Gasteiger partial charge in [0.2, 0.25) is 0 Å². The summed E-state index contributed by atoms with van der Waals surface area (Å²) in [5.41, 5.74) is 3.41. The number of rotatable bonds is 7. The van der Waals surface area contributed by atoms with Gasteiger partial charge in [0.1, 0.15) is 5.70 Å². The zero-order valence-electron chi connectivity index (χ0n) is 15.9. The van der Waals surface area contributed by atoms with Crippen molar-refractivity contribution in [3.8, 4) is 0 Å². The summed E-state index contributed by atoms with van der Waals surface area (Å²) in [4.78, 5) is 27.1. The lowest BCUT2D eigenvalue weighted by molar-refractivity contribution is -0.137. The highest BCUT2D eigenvalue weighted by Crippen LogP contribution is 2.30. The van der Waals surface area contributed by atoms with Crippen molar-refractivity contribution in [2.45, 2.75) is 19.8 Å². The molecule has 0 unspecified atom stereocenters. The predicted octanol–water partition coefficient (Wildman–Crippen LogP) is 3.65. The molecule has 140 valence electrons. The Hall–Kier alpha value is -2.92. The van der Waals surface area contributed by atoms with Crippen LogP contribution < -0.4 is 5.32 Å². The Balaban J connectivity index is 1.97. The number of nitrogens with zero attached hydrogens (tertiary/aromatic N) is 1. The zero-order chi connectivity index (χ0) is 19.4. The van der Waals surface area contributed by atoms with Crippen LogP contribution in [-0.4, -0.2) is 37.0 Å². The molecule has 2 amide bonds.